The van der Waals surface area contributed by atoms with Gasteiger partial charge in [0.1, 0.15) is 0 Å². The van der Waals surface area contributed by atoms with E-state index in [-0.39, 0.29) is 16.7 Å². The molecule has 1 aromatic rings. The van der Waals surface area contributed by atoms with Gasteiger partial charge in [0.05, 0.1) is 5.25 Å². The fourth-order valence-corrected chi connectivity index (χ4v) is 4.82. The van der Waals surface area contributed by atoms with Crippen molar-refractivity contribution in [3.63, 3.8) is 0 Å². The first-order valence-electron chi connectivity index (χ1n) is 7.08. The lowest BCUT2D eigenvalue weighted by molar-refractivity contribution is 0.206. The lowest BCUT2D eigenvalue weighted by Gasteiger charge is -2.41. The van der Waals surface area contributed by atoms with Crippen LogP contribution in [0.3, 0.4) is 0 Å². The van der Waals surface area contributed by atoms with E-state index in [1.54, 1.807) is 0 Å². The molecule has 1 fully saturated rings. The van der Waals surface area contributed by atoms with Crippen LogP contribution in [0.1, 0.15) is 44.2 Å². The molecule has 106 valence electrons. The van der Waals surface area contributed by atoms with Crippen molar-refractivity contribution in [2.45, 2.75) is 57.1 Å². The van der Waals surface area contributed by atoms with Crippen molar-refractivity contribution >= 4 is 10.8 Å². The number of hydrogen-bond acceptors (Lipinski definition) is 2. The number of aryl methyl sites for hydroxylation is 1. The highest BCUT2D eigenvalue weighted by molar-refractivity contribution is 7.84. The number of nitrogens with two attached hydrogens (primary N) is 1. The highest BCUT2D eigenvalue weighted by atomic mass is 32.2. The molecule has 2 rings (SSSR count). The zero-order chi connectivity index (χ0) is 14.0. The maximum atomic E-state index is 12.6. The molecule has 3 unspecified atom stereocenters. The van der Waals surface area contributed by atoms with Gasteiger partial charge in [-0.1, -0.05) is 50.1 Å². The van der Waals surface area contributed by atoms with E-state index in [0.29, 0.717) is 5.75 Å². The first-order chi connectivity index (χ1) is 8.90. The first kappa shape index (κ1) is 14.7. The topological polar surface area (TPSA) is 43.1 Å². The molecule has 0 heterocycles. The van der Waals surface area contributed by atoms with Gasteiger partial charge in [0.15, 0.2) is 0 Å². The predicted molar refractivity (Wildman–Crippen MR) is 82.4 cm³/mol. The Morgan fingerprint density at radius 3 is 2.84 bits per heavy atom. The zero-order valence-corrected chi connectivity index (χ0v) is 13.0. The van der Waals surface area contributed by atoms with Crippen molar-refractivity contribution in [2.24, 2.45) is 11.1 Å². The second-order valence-corrected chi connectivity index (χ2v) is 8.11. The quantitative estimate of drug-likeness (QED) is 0.923. The number of rotatable bonds is 3. The summed E-state index contributed by atoms with van der Waals surface area (Å²) in [6, 6.07) is 8.34. The third-order valence-corrected chi connectivity index (χ3v) is 6.16. The van der Waals surface area contributed by atoms with Gasteiger partial charge < -0.3 is 5.73 Å². The lowest BCUT2D eigenvalue weighted by Crippen LogP contribution is -2.51. The monoisotopic (exact) mass is 279 g/mol. The Morgan fingerprint density at radius 2 is 2.16 bits per heavy atom. The van der Waals surface area contributed by atoms with Crippen molar-refractivity contribution in [1.29, 1.82) is 0 Å². The van der Waals surface area contributed by atoms with Crippen LogP contribution in [0.5, 0.6) is 0 Å². The van der Waals surface area contributed by atoms with Crippen LogP contribution in [0.2, 0.25) is 0 Å². The minimum Gasteiger partial charge on any atom is -0.326 e. The molecule has 0 saturated heterocycles. The molecule has 2 nitrogen and oxygen atoms in total. The van der Waals surface area contributed by atoms with E-state index in [1.807, 2.05) is 6.07 Å². The van der Waals surface area contributed by atoms with E-state index >= 15 is 0 Å². The molecule has 19 heavy (non-hydrogen) atoms. The van der Waals surface area contributed by atoms with E-state index in [2.05, 4.69) is 39.0 Å². The smallest absolute Gasteiger partial charge is 0.0507 e. The van der Waals surface area contributed by atoms with Crippen LogP contribution in [0.15, 0.2) is 24.3 Å². The molecule has 0 radical (unpaired) electrons. The molecule has 1 aliphatic carbocycles. The summed E-state index contributed by atoms with van der Waals surface area (Å²) in [6.45, 7) is 6.48. The molecule has 2 N–H and O–H groups in total. The molecule has 1 saturated carbocycles. The average molecular weight is 279 g/mol. The summed E-state index contributed by atoms with van der Waals surface area (Å²) in [5.41, 5.74) is 8.85. The molecule has 3 atom stereocenters. The molecule has 0 bridgehead atoms. The summed E-state index contributed by atoms with van der Waals surface area (Å²) >= 11 is 0. The van der Waals surface area contributed by atoms with Gasteiger partial charge in [-0.2, -0.15) is 0 Å². The summed E-state index contributed by atoms with van der Waals surface area (Å²) in [7, 11) is -0.867. The minimum atomic E-state index is -0.867. The molecular formula is C16H25NOS. The Kier molecular flexibility index (Phi) is 4.46. The predicted octanol–water partition coefficient (Wildman–Crippen LogP) is 3.15. The van der Waals surface area contributed by atoms with Gasteiger partial charge in [0.25, 0.3) is 0 Å². The molecule has 0 amide bonds. The maximum absolute atomic E-state index is 12.6. The summed E-state index contributed by atoms with van der Waals surface area (Å²) in [6.07, 6.45) is 3.29. The number of hydrogen-bond donors (Lipinski definition) is 1. The average Bonchev–Trinajstić information content (AvgIpc) is 2.32. The minimum absolute atomic E-state index is 0.0480. The van der Waals surface area contributed by atoms with E-state index in [1.165, 1.54) is 5.56 Å². The van der Waals surface area contributed by atoms with Crippen molar-refractivity contribution < 1.29 is 4.21 Å². The van der Waals surface area contributed by atoms with Gasteiger partial charge in [-0.25, -0.2) is 0 Å². The zero-order valence-electron chi connectivity index (χ0n) is 12.2. The number of benzene rings is 1. The Balaban J connectivity index is 2.07. The fourth-order valence-electron chi connectivity index (χ4n) is 2.98. The highest BCUT2D eigenvalue weighted by Crippen LogP contribution is 2.37. The van der Waals surface area contributed by atoms with Crippen LogP contribution in [0.4, 0.5) is 0 Å². The lowest BCUT2D eigenvalue weighted by atomic mass is 9.73. The second kappa shape index (κ2) is 5.76. The first-order valence-corrected chi connectivity index (χ1v) is 8.47. The van der Waals surface area contributed by atoms with Crippen molar-refractivity contribution in [1.82, 2.24) is 0 Å². The third kappa shape index (κ3) is 3.46. The summed E-state index contributed by atoms with van der Waals surface area (Å²) in [4.78, 5) is 0. The summed E-state index contributed by atoms with van der Waals surface area (Å²) in [5.74, 6) is 0.635. The van der Waals surface area contributed by atoms with E-state index in [9.17, 15) is 4.21 Å². The van der Waals surface area contributed by atoms with Crippen molar-refractivity contribution in [3.05, 3.63) is 35.4 Å². The molecule has 0 aliphatic heterocycles. The van der Waals surface area contributed by atoms with Crippen LogP contribution in [-0.2, 0) is 16.6 Å². The van der Waals surface area contributed by atoms with Crippen LogP contribution >= 0.6 is 0 Å². The normalized spacial score (nSPS) is 28.0. The molecule has 1 aromatic carbocycles. The van der Waals surface area contributed by atoms with Crippen molar-refractivity contribution in [3.8, 4) is 0 Å². The van der Waals surface area contributed by atoms with Gasteiger partial charge in [0.2, 0.25) is 0 Å². The third-order valence-electron chi connectivity index (χ3n) is 4.34. The fraction of sp³-hybridized carbons (Fsp3) is 0.625. The molecule has 1 aliphatic rings. The van der Waals surface area contributed by atoms with Crippen LogP contribution < -0.4 is 5.73 Å². The Labute approximate surface area is 119 Å². The van der Waals surface area contributed by atoms with Gasteiger partial charge in [-0.15, -0.1) is 0 Å². The SMILES string of the molecule is Cc1cccc(CS(=O)C2CCCC(C)(C)C2N)c1. The van der Waals surface area contributed by atoms with Crippen LogP contribution in [0, 0.1) is 12.3 Å². The van der Waals surface area contributed by atoms with Gasteiger partial charge >= 0.3 is 0 Å². The van der Waals surface area contributed by atoms with Crippen LogP contribution in [0.25, 0.3) is 0 Å². The summed E-state index contributed by atoms with van der Waals surface area (Å²) in [5, 5.41) is 0.143. The molecule has 0 spiro atoms. The largest absolute Gasteiger partial charge is 0.326 e. The Morgan fingerprint density at radius 1 is 1.42 bits per heavy atom. The van der Waals surface area contributed by atoms with E-state index in [4.69, 9.17) is 5.73 Å². The maximum Gasteiger partial charge on any atom is 0.0507 e. The standard InChI is InChI=1S/C16H25NOS/c1-12-6-4-7-13(10-12)11-19(18)14-8-5-9-16(2,3)15(14)17/h4,6-7,10,14-15H,5,8-9,11,17H2,1-3H3. The second-order valence-electron chi connectivity index (χ2n) is 6.46. The van der Waals surface area contributed by atoms with Gasteiger partial charge in [0, 0.05) is 22.6 Å². The molecule has 3 heteroatoms. The van der Waals surface area contributed by atoms with E-state index < -0.39 is 10.8 Å². The van der Waals surface area contributed by atoms with Crippen LogP contribution in [-0.4, -0.2) is 15.5 Å². The van der Waals surface area contributed by atoms with Gasteiger partial charge in [-0.05, 0) is 30.7 Å². The van der Waals surface area contributed by atoms with E-state index in [0.717, 1.165) is 24.8 Å². The molecular weight excluding hydrogens is 254 g/mol. The molecule has 0 aromatic heterocycles. The van der Waals surface area contributed by atoms with Crippen molar-refractivity contribution in [2.75, 3.05) is 0 Å². The summed E-state index contributed by atoms with van der Waals surface area (Å²) < 4.78 is 12.6. The Hall–Kier alpha value is -0.670. The Bertz CT molecular complexity index is 470. The highest BCUT2D eigenvalue weighted by Gasteiger charge is 2.39. The van der Waals surface area contributed by atoms with Gasteiger partial charge in [-0.3, -0.25) is 4.21 Å².